The lowest BCUT2D eigenvalue weighted by Crippen LogP contribution is -2.27. The fourth-order valence-electron chi connectivity index (χ4n) is 3.82. The number of amides is 1. The van der Waals surface area contributed by atoms with E-state index in [1.807, 2.05) is 79.0 Å². The molecule has 8 heteroatoms. The van der Waals surface area contributed by atoms with Crippen molar-refractivity contribution in [1.29, 1.82) is 0 Å². The Hall–Kier alpha value is -2.09. The molecule has 0 spiro atoms. The van der Waals surface area contributed by atoms with Crippen molar-refractivity contribution in [2.24, 2.45) is 0 Å². The zero-order valence-electron chi connectivity index (χ0n) is 17.0. The molecule has 1 fully saturated rings. The van der Waals surface area contributed by atoms with E-state index in [1.54, 1.807) is 4.90 Å². The van der Waals surface area contributed by atoms with Crippen LogP contribution in [0, 0.1) is 0 Å². The Morgan fingerprint density at radius 3 is 2.48 bits per heavy atom. The van der Waals surface area contributed by atoms with E-state index in [-0.39, 0.29) is 5.91 Å². The first-order valence-electron chi connectivity index (χ1n) is 9.96. The fraction of sp³-hybridized carbons (Fsp3) is 0.0400. The molecule has 0 unspecified atom stereocenters. The quantitative estimate of drug-likeness (QED) is 0.182. The molecule has 0 radical (unpaired) electrons. The molecular formula is C25H15BrCl2N2OS2. The van der Waals surface area contributed by atoms with E-state index in [9.17, 15) is 4.79 Å². The highest BCUT2D eigenvalue weighted by Gasteiger charge is 2.33. The number of thioether (sulfide) groups is 1. The third-order valence-corrected chi connectivity index (χ3v) is 7.86. The van der Waals surface area contributed by atoms with Crippen LogP contribution in [0.4, 0.5) is 5.69 Å². The Morgan fingerprint density at radius 2 is 1.73 bits per heavy atom. The normalized spacial score (nSPS) is 15.2. The van der Waals surface area contributed by atoms with Gasteiger partial charge in [-0.1, -0.05) is 93.4 Å². The summed E-state index contributed by atoms with van der Waals surface area (Å²) in [5, 5.41) is 2.28. The highest BCUT2D eigenvalue weighted by molar-refractivity contribution is 9.10. The summed E-state index contributed by atoms with van der Waals surface area (Å²) >= 11 is 23.1. The van der Waals surface area contributed by atoms with Gasteiger partial charge in [0.15, 0.2) is 4.32 Å². The van der Waals surface area contributed by atoms with Crippen LogP contribution in [0.3, 0.4) is 0 Å². The predicted molar refractivity (Wildman–Crippen MR) is 147 cm³/mol. The smallest absolute Gasteiger partial charge is 0.270 e. The summed E-state index contributed by atoms with van der Waals surface area (Å²) in [5.41, 5.74) is 3.56. The van der Waals surface area contributed by atoms with Crippen molar-refractivity contribution in [2.45, 2.75) is 6.54 Å². The molecule has 0 aliphatic carbocycles. The average molecular weight is 574 g/mol. The van der Waals surface area contributed by atoms with Gasteiger partial charge in [-0.2, -0.15) is 0 Å². The SMILES string of the molecule is O=C1/C(=C/c2cn(Cc3c(Cl)cccc3Cl)c3ccccc23)SC(=S)N1c1cccc(Br)c1. The number of carbonyl (C=O) groups is 1. The Labute approximate surface area is 219 Å². The largest absolute Gasteiger partial charge is 0.342 e. The molecule has 2 heterocycles. The van der Waals surface area contributed by atoms with E-state index in [0.29, 0.717) is 25.8 Å². The molecule has 0 atom stereocenters. The summed E-state index contributed by atoms with van der Waals surface area (Å²) in [7, 11) is 0. The Kier molecular flexibility index (Phi) is 6.38. The van der Waals surface area contributed by atoms with Gasteiger partial charge in [0.05, 0.1) is 17.1 Å². The maximum absolute atomic E-state index is 13.2. The number of rotatable bonds is 4. The van der Waals surface area contributed by atoms with E-state index in [2.05, 4.69) is 20.5 Å². The molecule has 0 saturated carbocycles. The zero-order chi connectivity index (χ0) is 23.1. The van der Waals surface area contributed by atoms with E-state index < -0.39 is 0 Å². The van der Waals surface area contributed by atoms with Crippen molar-refractivity contribution < 1.29 is 4.79 Å². The first-order chi connectivity index (χ1) is 15.9. The number of hydrogen-bond acceptors (Lipinski definition) is 3. The number of nitrogens with zero attached hydrogens (tertiary/aromatic N) is 2. The van der Waals surface area contributed by atoms with Gasteiger partial charge in [-0.05, 0) is 42.5 Å². The number of fused-ring (bicyclic) bond motifs is 1. The molecule has 1 aliphatic heterocycles. The predicted octanol–water partition coefficient (Wildman–Crippen LogP) is 8.16. The second-order valence-electron chi connectivity index (χ2n) is 7.43. The van der Waals surface area contributed by atoms with Crippen molar-refractivity contribution in [3.63, 3.8) is 0 Å². The number of hydrogen-bond donors (Lipinski definition) is 0. The number of thiocarbonyl (C=S) groups is 1. The van der Waals surface area contributed by atoms with Gasteiger partial charge in [0.1, 0.15) is 0 Å². The molecule has 3 aromatic carbocycles. The van der Waals surface area contributed by atoms with Crippen molar-refractivity contribution in [3.8, 4) is 0 Å². The van der Waals surface area contributed by atoms with Crippen LogP contribution in [0.1, 0.15) is 11.1 Å². The molecule has 0 bridgehead atoms. The molecular weight excluding hydrogens is 559 g/mol. The summed E-state index contributed by atoms with van der Waals surface area (Å²) in [6, 6.07) is 21.1. The summed E-state index contributed by atoms with van der Waals surface area (Å²) in [4.78, 5) is 15.4. The van der Waals surface area contributed by atoms with E-state index in [4.69, 9.17) is 35.4 Å². The van der Waals surface area contributed by atoms with E-state index in [0.717, 1.165) is 32.2 Å². The number of anilines is 1. The van der Waals surface area contributed by atoms with Crippen molar-refractivity contribution in [1.82, 2.24) is 4.57 Å². The molecule has 1 saturated heterocycles. The van der Waals surface area contributed by atoms with Crippen LogP contribution < -0.4 is 4.90 Å². The monoisotopic (exact) mass is 572 g/mol. The van der Waals surface area contributed by atoms with Gasteiger partial charge >= 0.3 is 0 Å². The van der Waals surface area contributed by atoms with Gasteiger partial charge in [-0.15, -0.1) is 0 Å². The van der Waals surface area contributed by atoms with Crippen molar-refractivity contribution >= 4 is 96.0 Å². The number of carbonyl (C=O) groups excluding carboxylic acids is 1. The number of benzene rings is 3. The molecule has 1 amide bonds. The van der Waals surface area contributed by atoms with Crippen LogP contribution in [0.5, 0.6) is 0 Å². The second-order valence-corrected chi connectivity index (χ2v) is 10.8. The zero-order valence-corrected chi connectivity index (χ0v) is 21.7. The van der Waals surface area contributed by atoms with Crippen LogP contribution in [0.15, 0.2) is 82.3 Å². The highest BCUT2D eigenvalue weighted by atomic mass is 79.9. The second kappa shape index (κ2) is 9.28. The Balaban J connectivity index is 1.55. The molecule has 1 aromatic heterocycles. The lowest BCUT2D eigenvalue weighted by molar-refractivity contribution is -0.113. The third kappa shape index (κ3) is 4.38. The molecule has 0 N–H and O–H groups in total. The molecule has 5 rings (SSSR count). The molecule has 1 aliphatic rings. The summed E-state index contributed by atoms with van der Waals surface area (Å²) < 4.78 is 3.50. The van der Waals surface area contributed by atoms with Gasteiger partial charge in [-0.25, -0.2) is 0 Å². The topological polar surface area (TPSA) is 25.2 Å². The summed E-state index contributed by atoms with van der Waals surface area (Å²) in [5.74, 6) is -0.130. The number of para-hydroxylation sites is 1. The van der Waals surface area contributed by atoms with Crippen LogP contribution in [0.2, 0.25) is 10.0 Å². The van der Waals surface area contributed by atoms with E-state index in [1.165, 1.54) is 11.8 Å². The Morgan fingerprint density at radius 1 is 1.00 bits per heavy atom. The first-order valence-corrected chi connectivity index (χ1v) is 12.7. The van der Waals surface area contributed by atoms with Gasteiger partial charge < -0.3 is 4.57 Å². The minimum absolute atomic E-state index is 0.130. The first kappa shape index (κ1) is 22.7. The highest BCUT2D eigenvalue weighted by Crippen LogP contribution is 2.38. The lowest BCUT2D eigenvalue weighted by Gasteiger charge is -2.14. The fourth-order valence-corrected chi connectivity index (χ4v) is 6.02. The standard InChI is InChI=1S/C25H15BrCl2N2OS2/c26-16-5-3-6-17(12-16)30-24(31)23(33-25(30)32)11-15-13-29(22-10-2-1-7-18(15)22)14-19-20(27)8-4-9-21(19)28/h1-13H,14H2/b23-11-. The van der Waals surface area contributed by atoms with Gasteiger partial charge in [-0.3, -0.25) is 9.69 Å². The van der Waals surface area contributed by atoms with Gasteiger partial charge in [0, 0.05) is 42.7 Å². The maximum Gasteiger partial charge on any atom is 0.270 e. The van der Waals surface area contributed by atoms with Crippen molar-refractivity contribution in [3.05, 3.63) is 103 Å². The number of aromatic nitrogens is 1. The van der Waals surface area contributed by atoms with Crippen LogP contribution in [-0.2, 0) is 11.3 Å². The maximum atomic E-state index is 13.2. The molecule has 33 heavy (non-hydrogen) atoms. The van der Waals surface area contributed by atoms with Crippen LogP contribution in [0.25, 0.3) is 17.0 Å². The minimum Gasteiger partial charge on any atom is -0.342 e. The van der Waals surface area contributed by atoms with Crippen LogP contribution >= 0.6 is 63.1 Å². The third-order valence-electron chi connectivity index (χ3n) is 5.36. The molecule has 4 aromatic rings. The van der Waals surface area contributed by atoms with E-state index >= 15 is 0 Å². The average Bonchev–Trinajstić information content (AvgIpc) is 3.27. The molecule has 3 nitrogen and oxygen atoms in total. The lowest BCUT2D eigenvalue weighted by atomic mass is 10.1. The minimum atomic E-state index is -0.130. The number of halogens is 3. The Bertz CT molecular complexity index is 1440. The molecule has 164 valence electrons. The summed E-state index contributed by atoms with van der Waals surface area (Å²) in [6.07, 6.45) is 3.93. The van der Waals surface area contributed by atoms with Gasteiger partial charge in [0.25, 0.3) is 5.91 Å². The van der Waals surface area contributed by atoms with Gasteiger partial charge in [0.2, 0.25) is 0 Å². The summed E-state index contributed by atoms with van der Waals surface area (Å²) in [6.45, 7) is 0.520. The van der Waals surface area contributed by atoms with Crippen LogP contribution in [-0.4, -0.2) is 14.8 Å². The van der Waals surface area contributed by atoms with Crippen molar-refractivity contribution in [2.75, 3.05) is 4.90 Å².